The molecule has 2 heterocycles. The summed E-state index contributed by atoms with van der Waals surface area (Å²) in [7, 11) is 1.71. The van der Waals surface area contributed by atoms with Crippen molar-refractivity contribution in [3.05, 3.63) is 30.1 Å². The summed E-state index contributed by atoms with van der Waals surface area (Å²) < 4.78 is 4.94. The van der Waals surface area contributed by atoms with Gasteiger partial charge in [-0.3, -0.25) is 9.78 Å². The van der Waals surface area contributed by atoms with E-state index < -0.39 is 0 Å². The number of aromatic hydroxyl groups is 1. The Labute approximate surface area is 140 Å². The van der Waals surface area contributed by atoms with Gasteiger partial charge in [0.1, 0.15) is 5.75 Å². The van der Waals surface area contributed by atoms with Crippen molar-refractivity contribution in [1.82, 2.24) is 9.88 Å². The van der Waals surface area contributed by atoms with E-state index in [0.717, 1.165) is 30.6 Å². The zero-order valence-electron chi connectivity index (χ0n) is 15.2. The van der Waals surface area contributed by atoms with Crippen LogP contribution >= 0.6 is 0 Å². The van der Waals surface area contributed by atoms with Gasteiger partial charge in [0.05, 0.1) is 17.5 Å². The van der Waals surface area contributed by atoms with Crippen LogP contribution in [0.5, 0.6) is 5.75 Å². The summed E-state index contributed by atoms with van der Waals surface area (Å²) in [6.07, 6.45) is 5.10. The second-order valence-corrected chi connectivity index (χ2v) is 5.80. The first-order valence-corrected chi connectivity index (χ1v) is 7.94. The zero-order valence-corrected chi connectivity index (χ0v) is 15.2. The zero-order chi connectivity index (χ0) is 17.9. The number of hydrogen-bond donors (Lipinski definition) is 1. The Morgan fingerprint density at radius 1 is 1.30 bits per heavy atom. The van der Waals surface area contributed by atoms with Gasteiger partial charge >= 0.3 is 0 Å². The van der Waals surface area contributed by atoms with E-state index in [1.165, 1.54) is 6.20 Å². The summed E-state index contributed by atoms with van der Waals surface area (Å²) in [5, 5.41) is 9.10. The van der Waals surface area contributed by atoms with E-state index in [1.54, 1.807) is 24.1 Å². The van der Waals surface area contributed by atoms with Crippen molar-refractivity contribution >= 4 is 12.0 Å². The molecular formula is C18H30N2O3. The maximum absolute atomic E-state index is 10.5. The fourth-order valence-electron chi connectivity index (χ4n) is 1.59. The van der Waals surface area contributed by atoms with Gasteiger partial charge in [0.25, 0.3) is 0 Å². The molecular weight excluding hydrogens is 292 g/mol. The summed E-state index contributed by atoms with van der Waals surface area (Å²) in [4.78, 5) is 16.3. The van der Waals surface area contributed by atoms with Gasteiger partial charge in [0.2, 0.25) is 6.41 Å². The highest BCUT2D eigenvalue weighted by Crippen LogP contribution is 2.21. The number of ether oxygens (including phenoxy) is 1. The molecule has 23 heavy (non-hydrogen) atoms. The number of pyridine rings is 1. The molecule has 1 aliphatic heterocycles. The third-order valence-electron chi connectivity index (χ3n) is 3.08. The van der Waals surface area contributed by atoms with Crippen molar-refractivity contribution in [1.29, 1.82) is 0 Å². The molecule has 5 heteroatoms. The molecule has 0 aliphatic carbocycles. The lowest BCUT2D eigenvalue weighted by atomic mass is 10.0. The molecule has 0 radical (unpaired) electrons. The topological polar surface area (TPSA) is 62.7 Å². The largest absolute Gasteiger partial charge is 0.506 e. The average Bonchev–Trinajstić information content (AvgIpc) is 2.57. The predicted octanol–water partition coefficient (Wildman–Crippen LogP) is 3.49. The van der Waals surface area contributed by atoms with Crippen molar-refractivity contribution < 1.29 is 14.6 Å². The van der Waals surface area contributed by atoms with Gasteiger partial charge in [0.15, 0.2) is 0 Å². The van der Waals surface area contributed by atoms with Crippen molar-refractivity contribution in [2.24, 2.45) is 0 Å². The fraction of sp³-hybridized carbons (Fsp3) is 0.556. The minimum absolute atomic E-state index is 0.0417. The maximum atomic E-state index is 10.5. The first kappa shape index (κ1) is 21.1. The first-order valence-electron chi connectivity index (χ1n) is 7.94. The van der Waals surface area contributed by atoms with E-state index in [1.807, 2.05) is 40.7 Å². The number of aromatic nitrogens is 1. The lowest BCUT2D eigenvalue weighted by Gasteiger charge is -2.21. The van der Waals surface area contributed by atoms with E-state index >= 15 is 0 Å². The molecule has 0 fully saturated rings. The Balaban J connectivity index is 0.000000515. The second kappa shape index (κ2) is 10.8. The highest BCUT2D eigenvalue weighted by atomic mass is 16.5. The minimum atomic E-state index is 0.0417. The first-order chi connectivity index (χ1) is 10.9. The van der Waals surface area contributed by atoms with Crippen molar-refractivity contribution in [3.63, 3.8) is 0 Å². The molecule has 0 unspecified atom stereocenters. The molecule has 2 rings (SSSR count). The normalized spacial score (nSPS) is 13.8. The van der Waals surface area contributed by atoms with Crippen LogP contribution in [-0.4, -0.2) is 47.2 Å². The van der Waals surface area contributed by atoms with Crippen LogP contribution < -0.4 is 0 Å². The Hall–Kier alpha value is -1.88. The number of carbonyl (C=O) groups is 1. The van der Waals surface area contributed by atoms with Gasteiger partial charge in [-0.25, -0.2) is 0 Å². The van der Waals surface area contributed by atoms with E-state index in [-0.39, 0.29) is 11.4 Å². The van der Waals surface area contributed by atoms with Crippen LogP contribution in [0.2, 0.25) is 0 Å². The van der Waals surface area contributed by atoms with Crippen LogP contribution in [0.1, 0.15) is 46.7 Å². The minimum Gasteiger partial charge on any atom is -0.506 e. The smallest absolute Gasteiger partial charge is 0.209 e. The number of amides is 1. The third kappa shape index (κ3) is 8.98. The van der Waals surface area contributed by atoms with Gasteiger partial charge in [-0.1, -0.05) is 19.9 Å². The molecule has 1 amide bonds. The van der Waals surface area contributed by atoms with Crippen LogP contribution in [0.15, 0.2) is 24.4 Å². The SMILES string of the molecule is CC.COC(C)(C)C.O=CN1CC=C(c2ccc(O)cn2)CC1. The standard InChI is InChI=1S/C11H12N2O2.C5H12O.C2H6/c14-8-13-5-3-9(4-6-13)11-2-1-10(15)7-12-11;1-5(2,3)6-4;1-2/h1-3,7-8,15H,4-6H2;1-4H3;1-2H3. The lowest BCUT2D eigenvalue weighted by molar-refractivity contribution is -0.117. The van der Waals surface area contributed by atoms with Crippen molar-refractivity contribution in [3.8, 4) is 5.75 Å². The Morgan fingerprint density at radius 2 is 1.91 bits per heavy atom. The molecule has 130 valence electrons. The molecule has 0 atom stereocenters. The van der Waals surface area contributed by atoms with Gasteiger partial charge in [-0.2, -0.15) is 0 Å². The number of nitrogens with zero attached hydrogens (tertiary/aromatic N) is 2. The van der Waals surface area contributed by atoms with Crippen LogP contribution in [-0.2, 0) is 9.53 Å². The Kier molecular flexibility index (Phi) is 9.90. The number of rotatable bonds is 2. The molecule has 5 nitrogen and oxygen atoms in total. The van der Waals surface area contributed by atoms with Crippen LogP contribution in [0.25, 0.3) is 5.57 Å². The molecule has 0 bridgehead atoms. The van der Waals surface area contributed by atoms with Gasteiger partial charge in [-0.05, 0) is 44.9 Å². The van der Waals surface area contributed by atoms with Crippen molar-refractivity contribution in [2.75, 3.05) is 20.2 Å². The van der Waals surface area contributed by atoms with E-state index in [2.05, 4.69) is 4.98 Å². The summed E-state index contributed by atoms with van der Waals surface area (Å²) in [6.45, 7) is 11.4. The molecule has 0 saturated heterocycles. The highest BCUT2D eigenvalue weighted by Gasteiger charge is 2.11. The van der Waals surface area contributed by atoms with E-state index in [4.69, 9.17) is 9.84 Å². The lowest BCUT2D eigenvalue weighted by Crippen LogP contribution is -2.26. The molecule has 1 aromatic rings. The molecule has 0 saturated carbocycles. The molecule has 1 N–H and O–H groups in total. The number of hydrogen-bond acceptors (Lipinski definition) is 4. The van der Waals surface area contributed by atoms with E-state index in [9.17, 15) is 4.79 Å². The van der Waals surface area contributed by atoms with E-state index in [0.29, 0.717) is 6.54 Å². The molecule has 1 aromatic heterocycles. The summed E-state index contributed by atoms with van der Waals surface area (Å²) in [5.74, 6) is 0.171. The van der Waals surface area contributed by atoms with Crippen LogP contribution in [0.4, 0.5) is 0 Å². The summed E-state index contributed by atoms with van der Waals surface area (Å²) >= 11 is 0. The molecule has 0 aromatic carbocycles. The summed E-state index contributed by atoms with van der Waals surface area (Å²) in [5.41, 5.74) is 2.05. The average molecular weight is 322 g/mol. The fourth-order valence-corrected chi connectivity index (χ4v) is 1.59. The Bertz CT molecular complexity index is 476. The Morgan fingerprint density at radius 3 is 2.26 bits per heavy atom. The monoisotopic (exact) mass is 322 g/mol. The third-order valence-corrected chi connectivity index (χ3v) is 3.08. The van der Waals surface area contributed by atoms with Crippen molar-refractivity contribution in [2.45, 2.75) is 46.6 Å². The maximum Gasteiger partial charge on any atom is 0.209 e. The second-order valence-electron chi connectivity index (χ2n) is 5.80. The predicted molar refractivity (Wildman–Crippen MR) is 94.2 cm³/mol. The quantitative estimate of drug-likeness (QED) is 0.847. The van der Waals surface area contributed by atoms with Gasteiger partial charge in [0, 0.05) is 20.2 Å². The van der Waals surface area contributed by atoms with Crippen LogP contribution in [0, 0.1) is 0 Å². The van der Waals surface area contributed by atoms with Gasteiger partial charge in [-0.15, -0.1) is 0 Å². The number of methoxy groups -OCH3 is 1. The molecule has 0 spiro atoms. The highest BCUT2D eigenvalue weighted by molar-refractivity contribution is 5.65. The van der Waals surface area contributed by atoms with Gasteiger partial charge < -0.3 is 14.7 Å². The molecule has 1 aliphatic rings. The number of carbonyl (C=O) groups excluding carboxylic acids is 1. The summed E-state index contributed by atoms with van der Waals surface area (Å²) in [6, 6.07) is 3.41. The van der Waals surface area contributed by atoms with Crippen LogP contribution in [0.3, 0.4) is 0 Å².